The van der Waals surface area contributed by atoms with Crippen LogP contribution in [-0.4, -0.2) is 38.2 Å². The zero-order valence-corrected chi connectivity index (χ0v) is 7.89. The Bertz CT molecular complexity index is 260. The SMILES string of the molecule is CCOC(=O)C1=C[C@@H]2OCCO[C@@H]2O1. The van der Waals surface area contributed by atoms with Crippen LogP contribution < -0.4 is 0 Å². The maximum atomic E-state index is 11.3. The van der Waals surface area contributed by atoms with Crippen LogP contribution in [0.1, 0.15) is 6.92 Å². The number of carbonyl (C=O) groups is 1. The first kappa shape index (κ1) is 9.48. The van der Waals surface area contributed by atoms with E-state index in [-0.39, 0.29) is 11.9 Å². The Morgan fingerprint density at radius 2 is 2.36 bits per heavy atom. The first-order valence-corrected chi connectivity index (χ1v) is 4.60. The minimum atomic E-state index is -0.483. The molecule has 5 heteroatoms. The first-order valence-electron chi connectivity index (χ1n) is 4.60. The summed E-state index contributed by atoms with van der Waals surface area (Å²) in [5.74, 6) is -0.280. The summed E-state index contributed by atoms with van der Waals surface area (Å²) in [4.78, 5) is 11.3. The van der Waals surface area contributed by atoms with Crippen LogP contribution in [0.3, 0.4) is 0 Å². The lowest BCUT2D eigenvalue weighted by molar-refractivity contribution is -0.207. The Labute approximate surface area is 81.6 Å². The van der Waals surface area contributed by atoms with Gasteiger partial charge in [0.05, 0.1) is 19.8 Å². The van der Waals surface area contributed by atoms with Gasteiger partial charge in [-0.25, -0.2) is 4.79 Å². The molecule has 0 radical (unpaired) electrons. The lowest BCUT2D eigenvalue weighted by Gasteiger charge is -2.24. The number of fused-ring (bicyclic) bond motifs is 1. The molecular formula is C9H12O5. The Balaban J connectivity index is 1.98. The monoisotopic (exact) mass is 200 g/mol. The smallest absolute Gasteiger partial charge is 0.373 e. The molecule has 2 aliphatic rings. The number of ether oxygens (including phenoxy) is 4. The quantitative estimate of drug-likeness (QED) is 0.596. The van der Waals surface area contributed by atoms with Crippen molar-refractivity contribution in [2.24, 2.45) is 0 Å². The van der Waals surface area contributed by atoms with E-state index in [9.17, 15) is 4.79 Å². The number of esters is 1. The summed E-state index contributed by atoms with van der Waals surface area (Å²) in [6, 6.07) is 0. The second kappa shape index (κ2) is 3.98. The van der Waals surface area contributed by atoms with Gasteiger partial charge in [0.1, 0.15) is 6.10 Å². The average Bonchev–Trinajstić information content (AvgIpc) is 2.61. The Hall–Kier alpha value is -1.07. The standard InChI is InChI=1S/C9H12O5/c1-2-11-8(10)6-5-7-9(14-6)13-4-3-12-7/h5,7,9H,2-4H2,1H3/t7-,9+/m0/s1. The van der Waals surface area contributed by atoms with Gasteiger partial charge in [0.2, 0.25) is 12.0 Å². The molecule has 0 aromatic heterocycles. The molecule has 2 aliphatic heterocycles. The number of hydrogen-bond acceptors (Lipinski definition) is 5. The summed E-state index contributed by atoms with van der Waals surface area (Å²) >= 11 is 0. The number of rotatable bonds is 2. The maximum absolute atomic E-state index is 11.3. The van der Waals surface area contributed by atoms with Crippen LogP contribution >= 0.6 is 0 Å². The zero-order valence-electron chi connectivity index (χ0n) is 7.89. The molecule has 0 bridgehead atoms. The molecule has 1 saturated heterocycles. The van der Waals surface area contributed by atoms with Crippen LogP contribution in [0.5, 0.6) is 0 Å². The van der Waals surface area contributed by atoms with Gasteiger partial charge in [-0.2, -0.15) is 0 Å². The molecule has 5 nitrogen and oxygen atoms in total. The van der Waals surface area contributed by atoms with E-state index in [0.717, 1.165) is 0 Å². The summed E-state index contributed by atoms with van der Waals surface area (Å²) < 4.78 is 20.6. The normalized spacial score (nSPS) is 30.2. The van der Waals surface area contributed by atoms with Gasteiger partial charge in [-0.3, -0.25) is 0 Å². The molecule has 0 saturated carbocycles. The summed E-state index contributed by atoms with van der Waals surface area (Å²) in [6.45, 7) is 3.09. The minimum Gasteiger partial charge on any atom is -0.460 e. The average molecular weight is 200 g/mol. The van der Waals surface area contributed by atoms with Gasteiger partial charge in [0.25, 0.3) is 0 Å². The van der Waals surface area contributed by atoms with Crippen molar-refractivity contribution >= 4 is 5.97 Å². The van der Waals surface area contributed by atoms with Gasteiger partial charge < -0.3 is 18.9 Å². The van der Waals surface area contributed by atoms with Crippen LogP contribution in [0.2, 0.25) is 0 Å². The highest BCUT2D eigenvalue weighted by molar-refractivity contribution is 5.86. The molecule has 2 atom stereocenters. The number of hydrogen-bond donors (Lipinski definition) is 0. The topological polar surface area (TPSA) is 54.0 Å². The van der Waals surface area contributed by atoms with E-state index in [0.29, 0.717) is 19.8 Å². The van der Waals surface area contributed by atoms with E-state index in [1.54, 1.807) is 13.0 Å². The molecule has 0 amide bonds. The van der Waals surface area contributed by atoms with Crippen LogP contribution in [0.25, 0.3) is 0 Å². The molecule has 2 heterocycles. The van der Waals surface area contributed by atoms with Crippen LogP contribution in [0.4, 0.5) is 0 Å². The molecule has 0 spiro atoms. The van der Waals surface area contributed by atoms with Crippen molar-refractivity contribution in [2.75, 3.05) is 19.8 Å². The Morgan fingerprint density at radius 3 is 3.07 bits per heavy atom. The molecule has 78 valence electrons. The molecule has 0 aromatic carbocycles. The summed E-state index contributed by atoms with van der Waals surface area (Å²) in [7, 11) is 0. The highest BCUT2D eigenvalue weighted by Crippen LogP contribution is 2.24. The van der Waals surface area contributed by atoms with E-state index >= 15 is 0 Å². The highest BCUT2D eigenvalue weighted by Gasteiger charge is 2.36. The molecule has 0 unspecified atom stereocenters. The fourth-order valence-electron chi connectivity index (χ4n) is 1.38. The van der Waals surface area contributed by atoms with E-state index in [1.807, 2.05) is 0 Å². The highest BCUT2D eigenvalue weighted by atomic mass is 16.7. The van der Waals surface area contributed by atoms with Crippen molar-refractivity contribution < 1.29 is 23.7 Å². The predicted molar refractivity (Wildman–Crippen MR) is 45.3 cm³/mol. The van der Waals surface area contributed by atoms with Crippen molar-refractivity contribution in [3.8, 4) is 0 Å². The number of carbonyl (C=O) groups excluding carboxylic acids is 1. The Morgan fingerprint density at radius 1 is 1.57 bits per heavy atom. The van der Waals surface area contributed by atoms with E-state index < -0.39 is 12.3 Å². The van der Waals surface area contributed by atoms with Crippen molar-refractivity contribution in [1.29, 1.82) is 0 Å². The van der Waals surface area contributed by atoms with Gasteiger partial charge in [-0.1, -0.05) is 0 Å². The second-order valence-electron chi connectivity index (χ2n) is 2.94. The lowest BCUT2D eigenvalue weighted by Crippen LogP contribution is -2.35. The summed E-state index contributed by atoms with van der Waals surface area (Å²) in [5, 5.41) is 0. The minimum absolute atomic E-state index is 0.184. The van der Waals surface area contributed by atoms with Gasteiger partial charge >= 0.3 is 5.97 Å². The second-order valence-corrected chi connectivity index (χ2v) is 2.94. The third-order valence-electron chi connectivity index (χ3n) is 1.98. The largest absolute Gasteiger partial charge is 0.460 e. The Kier molecular flexibility index (Phi) is 2.69. The van der Waals surface area contributed by atoms with Gasteiger partial charge in [-0.05, 0) is 6.92 Å². The fraction of sp³-hybridized carbons (Fsp3) is 0.667. The fourth-order valence-corrected chi connectivity index (χ4v) is 1.38. The van der Waals surface area contributed by atoms with Crippen LogP contribution in [0, 0.1) is 0 Å². The lowest BCUT2D eigenvalue weighted by atomic mass is 10.3. The van der Waals surface area contributed by atoms with E-state index in [2.05, 4.69) is 0 Å². The van der Waals surface area contributed by atoms with Crippen molar-refractivity contribution in [1.82, 2.24) is 0 Å². The van der Waals surface area contributed by atoms with Crippen LogP contribution in [-0.2, 0) is 23.7 Å². The third-order valence-corrected chi connectivity index (χ3v) is 1.98. The van der Waals surface area contributed by atoms with E-state index in [1.165, 1.54) is 0 Å². The van der Waals surface area contributed by atoms with Gasteiger partial charge in [0.15, 0.2) is 0 Å². The first-order chi connectivity index (χ1) is 6.81. The van der Waals surface area contributed by atoms with Crippen molar-refractivity contribution in [3.05, 3.63) is 11.8 Å². The molecule has 0 aromatic rings. The predicted octanol–water partition coefficient (Wildman–Crippen LogP) is 0.205. The maximum Gasteiger partial charge on any atom is 0.373 e. The molecule has 1 fully saturated rings. The molecule has 0 aliphatic carbocycles. The summed E-state index contributed by atoms with van der Waals surface area (Å²) in [5.41, 5.74) is 0. The van der Waals surface area contributed by atoms with Crippen LogP contribution in [0.15, 0.2) is 11.8 Å². The molecular weight excluding hydrogens is 188 g/mol. The van der Waals surface area contributed by atoms with Crippen molar-refractivity contribution in [3.63, 3.8) is 0 Å². The molecule has 0 N–H and O–H groups in total. The van der Waals surface area contributed by atoms with E-state index in [4.69, 9.17) is 18.9 Å². The third kappa shape index (κ3) is 1.73. The van der Waals surface area contributed by atoms with Gasteiger partial charge in [0, 0.05) is 6.08 Å². The summed E-state index contributed by atoms with van der Waals surface area (Å²) in [6.07, 6.45) is 0.841. The van der Waals surface area contributed by atoms with Gasteiger partial charge in [-0.15, -0.1) is 0 Å². The van der Waals surface area contributed by atoms with Crippen molar-refractivity contribution in [2.45, 2.75) is 19.3 Å². The molecule has 14 heavy (non-hydrogen) atoms. The zero-order chi connectivity index (χ0) is 9.97. The molecule has 2 rings (SSSR count).